The van der Waals surface area contributed by atoms with Crippen LogP contribution in [-0.4, -0.2) is 44.2 Å². The highest BCUT2D eigenvalue weighted by molar-refractivity contribution is 6.17. The first kappa shape index (κ1) is 20.5. The van der Waals surface area contributed by atoms with E-state index in [0.717, 1.165) is 39.5 Å². The first-order chi connectivity index (χ1) is 14.2. The Bertz CT molecular complexity index is 1300. The van der Waals surface area contributed by atoms with Crippen molar-refractivity contribution in [1.82, 2.24) is 0 Å². The lowest BCUT2D eigenvalue weighted by Crippen LogP contribution is -2.20. The lowest BCUT2D eigenvalue weighted by atomic mass is 9.96. The van der Waals surface area contributed by atoms with Gasteiger partial charge in [-0.2, -0.15) is 0 Å². The molecule has 0 saturated carbocycles. The molecule has 154 valence electrons. The standard InChI is InChI=1S/C19H13NO10/c1-27-17(22)10-7-11-15(21)9-6-8(20(25)26)4-5-12(9)30-16(11)14(19(24)29-3)13(10)18(23)28-2/h4-7H,1-3H3. The van der Waals surface area contributed by atoms with Crippen molar-refractivity contribution in [3.05, 3.63) is 61.3 Å². The summed E-state index contributed by atoms with van der Waals surface area (Å²) in [5.41, 5.74) is -3.00. The summed E-state index contributed by atoms with van der Waals surface area (Å²) in [6.45, 7) is 0. The zero-order chi connectivity index (χ0) is 22.2. The van der Waals surface area contributed by atoms with Crippen molar-refractivity contribution < 1.29 is 37.9 Å². The molecule has 0 unspecified atom stereocenters. The van der Waals surface area contributed by atoms with Gasteiger partial charge in [0.2, 0.25) is 5.43 Å². The second-order valence-corrected chi connectivity index (χ2v) is 5.89. The van der Waals surface area contributed by atoms with Crippen LogP contribution in [0.5, 0.6) is 0 Å². The summed E-state index contributed by atoms with van der Waals surface area (Å²) >= 11 is 0. The molecule has 30 heavy (non-hydrogen) atoms. The van der Waals surface area contributed by atoms with Gasteiger partial charge in [0.25, 0.3) is 5.69 Å². The van der Waals surface area contributed by atoms with E-state index in [0.29, 0.717) is 0 Å². The van der Waals surface area contributed by atoms with E-state index < -0.39 is 45.0 Å². The Kier molecular flexibility index (Phi) is 5.20. The fourth-order valence-corrected chi connectivity index (χ4v) is 2.97. The van der Waals surface area contributed by atoms with E-state index in [4.69, 9.17) is 9.15 Å². The maximum absolute atomic E-state index is 13.0. The third kappa shape index (κ3) is 3.11. The highest BCUT2D eigenvalue weighted by Crippen LogP contribution is 2.30. The van der Waals surface area contributed by atoms with E-state index >= 15 is 0 Å². The van der Waals surface area contributed by atoms with Gasteiger partial charge < -0.3 is 18.6 Å². The number of rotatable bonds is 4. The summed E-state index contributed by atoms with van der Waals surface area (Å²) in [6, 6.07) is 4.30. The summed E-state index contributed by atoms with van der Waals surface area (Å²) in [4.78, 5) is 60.5. The van der Waals surface area contributed by atoms with Crippen molar-refractivity contribution in [1.29, 1.82) is 0 Å². The molecular formula is C19H13NO10. The quantitative estimate of drug-likeness (QED) is 0.204. The molecule has 1 aromatic heterocycles. The minimum atomic E-state index is -1.07. The number of fused-ring (bicyclic) bond motifs is 2. The molecule has 3 rings (SSSR count). The van der Waals surface area contributed by atoms with Crippen molar-refractivity contribution in [2.24, 2.45) is 0 Å². The van der Waals surface area contributed by atoms with Gasteiger partial charge in [0.15, 0.2) is 5.58 Å². The Morgan fingerprint density at radius 1 is 0.900 bits per heavy atom. The van der Waals surface area contributed by atoms with Crippen LogP contribution in [0.3, 0.4) is 0 Å². The lowest BCUT2D eigenvalue weighted by Gasteiger charge is -2.13. The molecule has 1 heterocycles. The van der Waals surface area contributed by atoms with Gasteiger partial charge in [0, 0.05) is 12.1 Å². The van der Waals surface area contributed by atoms with Crippen LogP contribution in [0, 0.1) is 10.1 Å². The van der Waals surface area contributed by atoms with E-state index in [9.17, 15) is 29.3 Å². The minimum absolute atomic E-state index is 0.0788. The second-order valence-electron chi connectivity index (χ2n) is 5.89. The fraction of sp³-hybridized carbons (Fsp3) is 0.158. The fourth-order valence-electron chi connectivity index (χ4n) is 2.97. The average molecular weight is 415 g/mol. The van der Waals surface area contributed by atoms with Gasteiger partial charge in [0.1, 0.15) is 11.1 Å². The summed E-state index contributed by atoms with van der Waals surface area (Å²) < 4.78 is 19.6. The van der Waals surface area contributed by atoms with Crippen molar-refractivity contribution in [2.75, 3.05) is 21.3 Å². The maximum Gasteiger partial charge on any atom is 0.342 e. The molecular weight excluding hydrogens is 402 g/mol. The Balaban J connectivity index is 2.60. The summed E-state index contributed by atoms with van der Waals surface area (Å²) in [5, 5.41) is 10.6. The van der Waals surface area contributed by atoms with Crippen LogP contribution in [0.1, 0.15) is 31.1 Å². The van der Waals surface area contributed by atoms with Crippen molar-refractivity contribution in [2.45, 2.75) is 0 Å². The largest absolute Gasteiger partial charge is 0.465 e. The predicted octanol–water partition coefficient (Wildman–Crippen LogP) is 2.21. The molecule has 0 aliphatic carbocycles. The smallest absolute Gasteiger partial charge is 0.342 e. The van der Waals surface area contributed by atoms with Crippen LogP contribution in [0.25, 0.3) is 21.9 Å². The van der Waals surface area contributed by atoms with Crippen molar-refractivity contribution in [3.63, 3.8) is 0 Å². The molecule has 3 aromatic rings. The number of non-ortho nitro benzene ring substituents is 1. The van der Waals surface area contributed by atoms with E-state index in [1.165, 1.54) is 6.07 Å². The molecule has 0 aliphatic heterocycles. The number of nitro groups is 1. The average Bonchev–Trinajstić information content (AvgIpc) is 2.76. The molecule has 0 N–H and O–H groups in total. The van der Waals surface area contributed by atoms with Crippen LogP contribution in [-0.2, 0) is 14.2 Å². The van der Waals surface area contributed by atoms with Gasteiger partial charge >= 0.3 is 17.9 Å². The molecule has 0 amide bonds. The van der Waals surface area contributed by atoms with Gasteiger partial charge in [-0.15, -0.1) is 0 Å². The van der Waals surface area contributed by atoms with Crippen LogP contribution in [0.4, 0.5) is 5.69 Å². The predicted molar refractivity (Wildman–Crippen MR) is 101 cm³/mol. The zero-order valence-corrected chi connectivity index (χ0v) is 15.8. The Morgan fingerprint density at radius 3 is 2.07 bits per heavy atom. The molecule has 0 radical (unpaired) electrons. The molecule has 0 saturated heterocycles. The lowest BCUT2D eigenvalue weighted by molar-refractivity contribution is -0.384. The number of benzene rings is 2. The first-order valence-corrected chi connectivity index (χ1v) is 8.22. The first-order valence-electron chi connectivity index (χ1n) is 8.22. The number of methoxy groups -OCH3 is 3. The van der Waals surface area contributed by atoms with Crippen LogP contribution >= 0.6 is 0 Å². The van der Waals surface area contributed by atoms with Crippen LogP contribution in [0.2, 0.25) is 0 Å². The van der Waals surface area contributed by atoms with E-state index in [-0.39, 0.29) is 27.6 Å². The minimum Gasteiger partial charge on any atom is -0.465 e. The maximum atomic E-state index is 13.0. The third-order valence-corrected chi connectivity index (χ3v) is 4.34. The van der Waals surface area contributed by atoms with E-state index in [1.54, 1.807) is 0 Å². The Labute approximate surface area is 166 Å². The van der Waals surface area contributed by atoms with Crippen LogP contribution in [0.15, 0.2) is 33.5 Å². The molecule has 11 heteroatoms. The van der Waals surface area contributed by atoms with Crippen molar-refractivity contribution >= 4 is 45.5 Å². The molecule has 0 fully saturated rings. The SMILES string of the molecule is COC(=O)c1cc2c(=O)c3cc([N+](=O)[O-])ccc3oc2c(C(=O)OC)c1C(=O)OC. The van der Waals surface area contributed by atoms with E-state index in [2.05, 4.69) is 9.47 Å². The number of carbonyl (C=O) groups is 3. The summed E-state index contributed by atoms with van der Waals surface area (Å²) in [5.74, 6) is -3.17. The summed E-state index contributed by atoms with van der Waals surface area (Å²) in [6.07, 6.45) is 0. The molecule has 2 aromatic carbocycles. The van der Waals surface area contributed by atoms with Gasteiger partial charge in [-0.25, -0.2) is 14.4 Å². The number of hydrogen-bond acceptors (Lipinski definition) is 10. The highest BCUT2D eigenvalue weighted by Gasteiger charge is 2.32. The number of carbonyl (C=O) groups excluding carboxylic acids is 3. The number of ether oxygens (including phenoxy) is 3. The molecule has 11 nitrogen and oxygen atoms in total. The highest BCUT2D eigenvalue weighted by atomic mass is 16.6. The summed E-state index contributed by atoms with van der Waals surface area (Å²) in [7, 11) is 3.10. The Hall–Kier alpha value is -4.28. The zero-order valence-electron chi connectivity index (χ0n) is 15.8. The second kappa shape index (κ2) is 7.62. The van der Waals surface area contributed by atoms with Gasteiger partial charge in [-0.1, -0.05) is 0 Å². The normalized spacial score (nSPS) is 10.6. The number of nitro benzene ring substituents is 1. The number of nitrogens with zero attached hydrogens (tertiary/aromatic N) is 1. The topological polar surface area (TPSA) is 152 Å². The third-order valence-electron chi connectivity index (χ3n) is 4.34. The van der Waals surface area contributed by atoms with Gasteiger partial charge in [-0.3, -0.25) is 14.9 Å². The molecule has 0 spiro atoms. The number of hydrogen-bond donors (Lipinski definition) is 0. The number of esters is 3. The molecule has 0 bridgehead atoms. The van der Waals surface area contributed by atoms with Gasteiger partial charge in [-0.05, 0) is 12.1 Å². The monoisotopic (exact) mass is 415 g/mol. The van der Waals surface area contributed by atoms with Crippen LogP contribution < -0.4 is 5.43 Å². The molecule has 0 atom stereocenters. The van der Waals surface area contributed by atoms with Gasteiger partial charge in [0.05, 0.1) is 48.2 Å². The Morgan fingerprint density at radius 2 is 1.50 bits per heavy atom. The van der Waals surface area contributed by atoms with Crippen molar-refractivity contribution in [3.8, 4) is 0 Å². The van der Waals surface area contributed by atoms with E-state index in [1.807, 2.05) is 0 Å². The molecule has 0 aliphatic rings.